The number of hydrogen-bond acceptors (Lipinski definition) is 4. The molecule has 0 saturated carbocycles. The topological polar surface area (TPSA) is 67.6 Å². The van der Waals surface area contributed by atoms with E-state index in [1.54, 1.807) is 7.11 Å². The van der Waals surface area contributed by atoms with Gasteiger partial charge in [0.05, 0.1) is 6.61 Å². The zero-order valence-corrected chi connectivity index (χ0v) is 15.9. The Kier molecular flexibility index (Phi) is 11.2. The van der Waals surface area contributed by atoms with Gasteiger partial charge in [-0.2, -0.15) is 0 Å². The second-order valence-corrected chi connectivity index (χ2v) is 6.16. The van der Waals surface area contributed by atoms with E-state index < -0.39 is 6.04 Å². The molecule has 5 nitrogen and oxygen atoms in total. The van der Waals surface area contributed by atoms with E-state index in [-0.39, 0.29) is 43.4 Å². The van der Waals surface area contributed by atoms with Crippen LogP contribution in [0.25, 0.3) is 0 Å². The van der Waals surface area contributed by atoms with E-state index in [1.807, 2.05) is 6.07 Å². The molecule has 138 valence electrons. The van der Waals surface area contributed by atoms with Crippen LogP contribution in [0.5, 0.6) is 0 Å². The predicted octanol–water partition coefficient (Wildman–Crippen LogP) is 1.83. The smallest absolute Gasteiger partial charge is 0.239 e. The molecule has 3 unspecified atom stereocenters. The summed E-state index contributed by atoms with van der Waals surface area (Å²) in [5, 5.41) is 3.07. The van der Waals surface area contributed by atoms with Gasteiger partial charge < -0.3 is 15.8 Å². The molecule has 3 N–H and O–H groups in total. The normalized spacial score (nSPS) is 22.0. The molecule has 1 aliphatic rings. The molecule has 1 saturated heterocycles. The van der Waals surface area contributed by atoms with Gasteiger partial charge in [-0.25, -0.2) is 0 Å². The number of nitrogens with one attached hydrogen (secondary N) is 1. The van der Waals surface area contributed by atoms with Crippen molar-refractivity contribution in [2.24, 2.45) is 11.7 Å². The lowest BCUT2D eigenvalue weighted by atomic mass is 9.93. The van der Waals surface area contributed by atoms with Gasteiger partial charge in [-0.05, 0) is 17.9 Å². The third-order valence-corrected chi connectivity index (χ3v) is 4.25. The maximum Gasteiger partial charge on any atom is 0.239 e. The molecular weight excluding hydrogens is 349 g/mol. The Morgan fingerprint density at radius 2 is 2.04 bits per heavy atom. The lowest BCUT2D eigenvalue weighted by molar-refractivity contribution is -0.124. The summed E-state index contributed by atoms with van der Waals surface area (Å²) in [6, 6.07) is 10.1. The molecule has 1 aromatic rings. The summed E-state index contributed by atoms with van der Waals surface area (Å²) in [6.07, 6.45) is 0.958. The van der Waals surface area contributed by atoms with Crippen molar-refractivity contribution in [3.8, 4) is 0 Å². The minimum atomic E-state index is -0.584. The summed E-state index contributed by atoms with van der Waals surface area (Å²) in [4.78, 5) is 14.4. The molecule has 2 rings (SSSR count). The number of amides is 1. The van der Waals surface area contributed by atoms with Crippen molar-refractivity contribution in [1.82, 2.24) is 10.2 Å². The van der Waals surface area contributed by atoms with Gasteiger partial charge in [0.25, 0.3) is 0 Å². The monoisotopic (exact) mass is 377 g/mol. The first-order valence-corrected chi connectivity index (χ1v) is 7.91. The number of piperidine rings is 1. The average Bonchev–Trinajstić information content (AvgIpc) is 2.51. The molecule has 0 radical (unpaired) electrons. The van der Waals surface area contributed by atoms with Crippen molar-refractivity contribution in [3.05, 3.63) is 35.9 Å². The molecule has 1 aliphatic heterocycles. The standard InChI is InChI=1S/C17H27N3O2.2ClH/c1-13-10-20(11-14-6-4-3-5-7-14)9-8-16(13)19-17(21)15(18)12-22-2;;/h3-7,13,15-16H,8-12,18H2,1-2H3,(H,19,21);2*1H. The van der Waals surface area contributed by atoms with Crippen LogP contribution in [0.2, 0.25) is 0 Å². The molecule has 3 atom stereocenters. The highest BCUT2D eigenvalue weighted by Crippen LogP contribution is 2.19. The van der Waals surface area contributed by atoms with Crippen LogP contribution < -0.4 is 11.1 Å². The average molecular weight is 378 g/mol. The van der Waals surface area contributed by atoms with Gasteiger partial charge in [-0.15, -0.1) is 24.8 Å². The Morgan fingerprint density at radius 3 is 2.62 bits per heavy atom. The number of nitrogens with zero attached hydrogens (tertiary/aromatic N) is 1. The van der Waals surface area contributed by atoms with Crippen molar-refractivity contribution in [3.63, 3.8) is 0 Å². The number of carbonyl (C=O) groups is 1. The number of carbonyl (C=O) groups excluding carboxylic acids is 1. The summed E-state index contributed by atoms with van der Waals surface area (Å²) in [6.45, 7) is 5.38. The number of methoxy groups -OCH3 is 1. The minimum Gasteiger partial charge on any atom is -0.383 e. The SMILES string of the molecule is COCC(N)C(=O)NC1CCN(Cc2ccccc2)CC1C.Cl.Cl. The summed E-state index contributed by atoms with van der Waals surface area (Å²) >= 11 is 0. The Balaban J connectivity index is 0.00000264. The first-order chi connectivity index (χ1) is 10.6. The molecule has 0 aromatic heterocycles. The number of rotatable bonds is 6. The van der Waals surface area contributed by atoms with E-state index in [0.717, 1.165) is 26.1 Å². The van der Waals surface area contributed by atoms with Crippen LogP contribution in [0.4, 0.5) is 0 Å². The molecule has 1 amide bonds. The van der Waals surface area contributed by atoms with Crippen LogP contribution >= 0.6 is 24.8 Å². The van der Waals surface area contributed by atoms with Crippen molar-refractivity contribution in [1.29, 1.82) is 0 Å². The zero-order chi connectivity index (χ0) is 15.9. The molecule has 0 spiro atoms. The number of hydrogen-bond donors (Lipinski definition) is 2. The van der Waals surface area contributed by atoms with Crippen molar-refractivity contribution in [2.45, 2.75) is 32.0 Å². The van der Waals surface area contributed by atoms with Crippen LogP contribution in [0.3, 0.4) is 0 Å². The van der Waals surface area contributed by atoms with E-state index in [9.17, 15) is 4.79 Å². The van der Waals surface area contributed by atoms with Crippen LogP contribution in [-0.4, -0.2) is 49.7 Å². The number of benzene rings is 1. The first-order valence-electron chi connectivity index (χ1n) is 7.91. The largest absolute Gasteiger partial charge is 0.383 e. The van der Waals surface area contributed by atoms with E-state index in [1.165, 1.54) is 5.56 Å². The van der Waals surface area contributed by atoms with Gasteiger partial charge in [0.15, 0.2) is 0 Å². The first kappa shape index (κ1) is 23.1. The molecule has 0 bridgehead atoms. The second kappa shape index (κ2) is 11.7. The fourth-order valence-electron chi connectivity index (χ4n) is 2.98. The highest BCUT2D eigenvalue weighted by molar-refractivity contribution is 5.85. The van der Waals surface area contributed by atoms with Crippen LogP contribution in [0, 0.1) is 5.92 Å². The van der Waals surface area contributed by atoms with Crippen molar-refractivity contribution < 1.29 is 9.53 Å². The fourth-order valence-corrected chi connectivity index (χ4v) is 2.98. The Morgan fingerprint density at radius 1 is 1.38 bits per heavy atom. The molecule has 24 heavy (non-hydrogen) atoms. The summed E-state index contributed by atoms with van der Waals surface area (Å²) < 4.78 is 4.93. The van der Waals surface area contributed by atoms with Gasteiger partial charge in [0.1, 0.15) is 6.04 Å². The molecule has 7 heteroatoms. The van der Waals surface area contributed by atoms with E-state index in [2.05, 4.69) is 41.4 Å². The van der Waals surface area contributed by atoms with Gasteiger partial charge >= 0.3 is 0 Å². The second-order valence-electron chi connectivity index (χ2n) is 6.16. The Hall–Kier alpha value is -0.850. The summed E-state index contributed by atoms with van der Waals surface area (Å²) in [7, 11) is 1.55. The number of halogens is 2. The molecule has 0 aliphatic carbocycles. The van der Waals surface area contributed by atoms with Gasteiger partial charge in [-0.1, -0.05) is 37.3 Å². The quantitative estimate of drug-likeness (QED) is 0.793. The summed E-state index contributed by atoms with van der Waals surface area (Å²) in [5.41, 5.74) is 7.11. The van der Waals surface area contributed by atoms with Crippen molar-refractivity contribution >= 4 is 30.7 Å². The van der Waals surface area contributed by atoms with Crippen molar-refractivity contribution in [2.75, 3.05) is 26.8 Å². The number of ether oxygens (including phenoxy) is 1. The Bertz CT molecular complexity index is 476. The van der Waals surface area contributed by atoms with Crippen LogP contribution in [0.1, 0.15) is 18.9 Å². The highest BCUT2D eigenvalue weighted by Gasteiger charge is 2.28. The number of likely N-dealkylation sites (tertiary alicyclic amines) is 1. The lowest BCUT2D eigenvalue weighted by Crippen LogP contribution is -2.54. The summed E-state index contributed by atoms with van der Waals surface area (Å²) in [5.74, 6) is 0.298. The van der Waals surface area contributed by atoms with Gasteiger partial charge in [0, 0.05) is 32.8 Å². The molecular formula is C17H29Cl2N3O2. The van der Waals surface area contributed by atoms with E-state index >= 15 is 0 Å². The van der Waals surface area contributed by atoms with Crippen LogP contribution in [0.15, 0.2) is 30.3 Å². The fraction of sp³-hybridized carbons (Fsp3) is 0.588. The van der Waals surface area contributed by atoms with E-state index in [0.29, 0.717) is 5.92 Å². The molecule has 1 aromatic carbocycles. The maximum atomic E-state index is 12.0. The lowest BCUT2D eigenvalue weighted by Gasteiger charge is -2.37. The molecule has 1 fully saturated rings. The van der Waals surface area contributed by atoms with E-state index in [4.69, 9.17) is 10.5 Å². The number of nitrogens with two attached hydrogens (primary N) is 1. The predicted molar refractivity (Wildman–Crippen MR) is 102 cm³/mol. The van der Waals surface area contributed by atoms with Crippen LogP contribution in [-0.2, 0) is 16.1 Å². The highest BCUT2D eigenvalue weighted by atomic mass is 35.5. The Labute approximate surface area is 157 Å². The maximum absolute atomic E-state index is 12.0. The minimum absolute atomic E-state index is 0. The van der Waals surface area contributed by atoms with Gasteiger partial charge in [0.2, 0.25) is 5.91 Å². The molecule has 1 heterocycles. The van der Waals surface area contributed by atoms with Gasteiger partial charge in [-0.3, -0.25) is 9.69 Å². The zero-order valence-electron chi connectivity index (χ0n) is 14.3. The third kappa shape index (κ3) is 6.95. The third-order valence-electron chi connectivity index (χ3n) is 4.25.